The molecule has 3 saturated carbocycles. The molecule has 4 aliphatic rings. The highest BCUT2D eigenvalue weighted by Crippen LogP contribution is 2.46. The average Bonchev–Trinajstić information content (AvgIpc) is 3.37. The Kier molecular flexibility index (Phi) is 21.4. The lowest BCUT2D eigenvalue weighted by Gasteiger charge is -2.36. The number of carbonyl (C=O) groups excluding carboxylic acids is 5. The molecule has 15 heteroatoms. The van der Waals surface area contributed by atoms with Gasteiger partial charge in [-0.25, -0.2) is 0 Å². The Balaban J connectivity index is 1.63. The molecule has 1 heterocycles. The summed E-state index contributed by atoms with van der Waals surface area (Å²) in [5.74, 6) is -1.000. The SMILES string of the molecule is CCCC[C@H]1C(=O)N[C@@H](C2CCCCCC2)C(=O)N[C@@H](CN)C(=O)N[C@@H](COCCCNCCCN)C(=O)N[C@H](C)CO[C@H](C[C@@H]2C[C@@H]3CC[C@@H](C3)C2)[C@@H](C)C(=O)N1C. The number of likely N-dealkylation sites (N-methyl/N-ethyl adjacent to an activating group) is 1. The van der Waals surface area contributed by atoms with E-state index in [-0.39, 0.29) is 37.5 Å². The highest BCUT2D eigenvalue weighted by Gasteiger charge is 2.41. The number of carbonyl (C=O) groups is 5. The zero-order valence-electron chi connectivity index (χ0n) is 36.8. The maximum absolute atomic E-state index is 14.5. The molecule has 0 aromatic rings. The van der Waals surface area contributed by atoms with Gasteiger partial charge in [-0.2, -0.15) is 0 Å². The van der Waals surface area contributed by atoms with Crippen LogP contribution in [0.3, 0.4) is 0 Å². The predicted molar refractivity (Wildman–Crippen MR) is 229 cm³/mol. The topological polar surface area (TPSA) is 219 Å². The molecule has 2 bridgehead atoms. The first kappa shape index (κ1) is 48.8. The van der Waals surface area contributed by atoms with Gasteiger partial charge in [0, 0.05) is 26.2 Å². The van der Waals surface area contributed by atoms with E-state index in [2.05, 4.69) is 26.6 Å². The van der Waals surface area contributed by atoms with Crippen molar-refractivity contribution < 1.29 is 33.4 Å². The minimum atomic E-state index is -1.17. The van der Waals surface area contributed by atoms with E-state index in [4.69, 9.17) is 20.9 Å². The van der Waals surface area contributed by atoms with Crippen molar-refractivity contribution in [3.63, 3.8) is 0 Å². The minimum Gasteiger partial charge on any atom is -0.379 e. The summed E-state index contributed by atoms with van der Waals surface area (Å²) < 4.78 is 12.5. The molecule has 0 spiro atoms. The first-order valence-corrected chi connectivity index (χ1v) is 23.2. The van der Waals surface area contributed by atoms with Crippen LogP contribution in [0.1, 0.15) is 130 Å². The van der Waals surface area contributed by atoms with Crippen LogP contribution in [-0.4, -0.2) is 124 Å². The fraction of sp³-hybridized carbons (Fsp3) is 0.886. The number of rotatable bonds is 16. The van der Waals surface area contributed by atoms with Crippen molar-refractivity contribution in [1.82, 2.24) is 31.5 Å². The molecule has 0 radical (unpaired) electrons. The smallest absolute Gasteiger partial charge is 0.245 e. The molecule has 0 unspecified atom stereocenters. The van der Waals surface area contributed by atoms with Gasteiger partial charge in [-0.15, -0.1) is 0 Å². The molecule has 10 atom stereocenters. The van der Waals surface area contributed by atoms with Crippen LogP contribution in [0.5, 0.6) is 0 Å². The number of hydrogen-bond donors (Lipinski definition) is 7. The van der Waals surface area contributed by atoms with Crippen molar-refractivity contribution in [2.75, 3.05) is 53.0 Å². The van der Waals surface area contributed by atoms with E-state index < -0.39 is 60.0 Å². The van der Waals surface area contributed by atoms with Crippen LogP contribution >= 0.6 is 0 Å². The van der Waals surface area contributed by atoms with Crippen molar-refractivity contribution in [2.45, 2.75) is 166 Å². The largest absolute Gasteiger partial charge is 0.379 e. The highest BCUT2D eigenvalue weighted by atomic mass is 16.5. The van der Waals surface area contributed by atoms with Crippen molar-refractivity contribution in [2.24, 2.45) is 41.1 Å². The zero-order chi connectivity index (χ0) is 42.7. The summed E-state index contributed by atoms with van der Waals surface area (Å²) in [4.78, 5) is 72.6. The number of ether oxygens (including phenoxy) is 2. The van der Waals surface area contributed by atoms with E-state index in [0.29, 0.717) is 31.9 Å². The molecule has 3 aliphatic carbocycles. The number of amides is 5. The second-order valence-corrected chi connectivity index (χ2v) is 18.2. The van der Waals surface area contributed by atoms with Gasteiger partial charge >= 0.3 is 0 Å². The summed E-state index contributed by atoms with van der Waals surface area (Å²) in [6, 6.07) is -4.45. The third-order valence-electron chi connectivity index (χ3n) is 13.3. The first-order chi connectivity index (χ1) is 28.4. The Morgan fingerprint density at radius 2 is 1.44 bits per heavy atom. The van der Waals surface area contributed by atoms with Crippen LogP contribution in [0.2, 0.25) is 0 Å². The predicted octanol–water partition coefficient (Wildman–Crippen LogP) is 2.49. The minimum absolute atomic E-state index is 0.0936. The van der Waals surface area contributed by atoms with Crippen LogP contribution in [0.4, 0.5) is 0 Å². The molecule has 1 aliphatic heterocycles. The maximum atomic E-state index is 14.5. The number of nitrogens with two attached hydrogens (primary N) is 2. The van der Waals surface area contributed by atoms with E-state index >= 15 is 0 Å². The van der Waals surface area contributed by atoms with Crippen LogP contribution < -0.4 is 38.1 Å². The lowest BCUT2D eigenvalue weighted by molar-refractivity contribution is -0.147. The van der Waals surface area contributed by atoms with Gasteiger partial charge in [0.2, 0.25) is 29.5 Å². The lowest BCUT2D eigenvalue weighted by Crippen LogP contribution is -2.62. The molecule has 4 fully saturated rings. The molecule has 4 rings (SSSR count). The maximum Gasteiger partial charge on any atom is 0.245 e. The number of nitrogens with one attached hydrogen (secondary N) is 5. The monoisotopic (exact) mass is 833 g/mol. The van der Waals surface area contributed by atoms with Crippen LogP contribution in [0, 0.1) is 29.6 Å². The summed E-state index contributed by atoms with van der Waals surface area (Å²) >= 11 is 0. The van der Waals surface area contributed by atoms with Crippen molar-refractivity contribution in [3.05, 3.63) is 0 Å². The number of hydrogen-bond acceptors (Lipinski definition) is 10. The lowest BCUT2D eigenvalue weighted by atomic mass is 9.77. The second kappa shape index (κ2) is 25.8. The fourth-order valence-corrected chi connectivity index (χ4v) is 9.86. The Hall–Kier alpha value is -2.85. The molecule has 59 heavy (non-hydrogen) atoms. The Morgan fingerprint density at radius 3 is 2.10 bits per heavy atom. The standard InChI is InChI=1S/C44H80N8O7/c1-5-6-15-37-42(55)51-39(34-13-9-7-8-10-14-34)43(56)49-35(26-46)40(53)50-36(28-58-21-12-20-47-19-11-18-45)41(54)48-29(2)27-59-38(30(3)44(57)52(37)4)25-33-23-31-16-17-32(22-31)24-33/h29-39,47H,5-28,45-46H2,1-4H3,(H,48,54)(H,49,56)(H,50,53)(H,51,55)/t29-,30-,31-,32+,33-,35+,36+,37+,38-,39+/m1/s1. The zero-order valence-corrected chi connectivity index (χ0v) is 36.8. The van der Waals surface area contributed by atoms with Gasteiger partial charge in [-0.3, -0.25) is 24.0 Å². The number of fused-ring (bicyclic) bond motifs is 2. The first-order valence-electron chi connectivity index (χ1n) is 23.2. The average molecular weight is 833 g/mol. The molecule has 9 N–H and O–H groups in total. The quantitative estimate of drug-likeness (QED) is 0.0891. The van der Waals surface area contributed by atoms with Crippen molar-refractivity contribution in [1.29, 1.82) is 0 Å². The normalized spacial score (nSPS) is 32.6. The summed E-state index contributed by atoms with van der Waals surface area (Å²) in [6.07, 6.45) is 15.3. The Labute approximate surface area is 354 Å². The molecule has 0 aromatic heterocycles. The fourth-order valence-electron chi connectivity index (χ4n) is 9.86. The molecular formula is C44H80N8O7. The van der Waals surface area contributed by atoms with Crippen molar-refractivity contribution in [3.8, 4) is 0 Å². The van der Waals surface area contributed by atoms with E-state index in [1.54, 1.807) is 11.9 Å². The third-order valence-corrected chi connectivity index (χ3v) is 13.3. The van der Waals surface area contributed by atoms with Crippen molar-refractivity contribution >= 4 is 29.5 Å². The molecule has 5 amide bonds. The van der Waals surface area contributed by atoms with Crippen LogP contribution in [0.15, 0.2) is 0 Å². The number of nitrogens with zero attached hydrogens (tertiary/aromatic N) is 1. The van der Waals surface area contributed by atoms with E-state index in [1.165, 1.54) is 19.3 Å². The molecule has 0 aromatic carbocycles. The molecular weight excluding hydrogens is 753 g/mol. The molecule has 15 nitrogen and oxygen atoms in total. The molecule has 1 saturated heterocycles. The summed E-state index contributed by atoms with van der Waals surface area (Å²) in [7, 11) is 1.69. The summed E-state index contributed by atoms with van der Waals surface area (Å²) in [6.45, 7) is 8.11. The van der Waals surface area contributed by atoms with Crippen LogP contribution in [-0.2, 0) is 33.4 Å². The third kappa shape index (κ3) is 15.5. The Morgan fingerprint density at radius 1 is 0.780 bits per heavy atom. The highest BCUT2D eigenvalue weighted by molar-refractivity contribution is 5.96. The number of unbranched alkanes of at least 4 members (excludes halogenated alkanes) is 1. The second-order valence-electron chi connectivity index (χ2n) is 18.2. The summed E-state index contributed by atoms with van der Waals surface area (Å²) in [5.41, 5.74) is 11.7. The van der Waals surface area contributed by atoms with E-state index in [1.807, 2.05) is 20.8 Å². The van der Waals surface area contributed by atoms with Gasteiger partial charge in [0.1, 0.15) is 24.2 Å². The van der Waals surface area contributed by atoms with Crippen LogP contribution in [0.25, 0.3) is 0 Å². The van der Waals surface area contributed by atoms with E-state index in [9.17, 15) is 24.0 Å². The van der Waals surface area contributed by atoms with Gasteiger partial charge in [0.25, 0.3) is 0 Å². The van der Waals surface area contributed by atoms with Gasteiger partial charge < -0.3 is 52.4 Å². The van der Waals surface area contributed by atoms with Gasteiger partial charge in [-0.1, -0.05) is 65.2 Å². The molecule has 338 valence electrons. The van der Waals surface area contributed by atoms with Gasteiger partial charge in [0.05, 0.1) is 25.2 Å². The Bertz CT molecular complexity index is 1300. The van der Waals surface area contributed by atoms with Gasteiger partial charge in [-0.05, 0) is 108 Å². The van der Waals surface area contributed by atoms with E-state index in [0.717, 1.165) is 102 Å². The summed E-state index contributed by atoms with van der Waals surface area (Å²) in [5, 5.41) is 15.0. The van der Waals surface area contributed by atoms with Gasteiger partial charge in [0.15, 0.2) is 0 Å².